The highest BCUT2D eigenvalue weighted by atomic mass is 35.5. The summed E-state index contributed by atoms with van der Waals surface area (Å²) < 4.78 is 13.7. The Kier molecular flexibility index (Phi) is 8.96. The van der Waals surface area contributed by atoms with Gasteiger partial charge in [-0.15, -0.1) is 36.2 Å². The highest BCUT2D eigenvalue weighted by Crippen LogP contribution is 2.26. The number of carbonyl (C=O) groups is 1. The zero-order valence-electron chi connectivity index (χ0n) is 14.6. The van der Waals surface area contributed by atoms with E-state index < -0.39 is 0 Å². The van der Waals surface area contributed by atoms with Crippen LogP contribution in [0.25, 0.3) is 0 Å². The van der Waals surface area contributed by atoms with E-state index in [1.165, 1.54) is 17.4 Å². The minimum atomic E-state index is -0.238. The van der Waals surface area contributed by atoms with E-state index in [2.05, 4.69) is 22.5 Å². The van der Waals surface area contributed by atoms with Gasteiger partial charge in [-0.05, 0) is 43.0 Å². The fourth-order valence-corrected chi connectivity index (χ4v) is 3.69. The average molecular weight is 420 g/mol. The summed E-state index contributed by atoms with van der Waals surface area (Å²) in [4.78, 5) is 16.7. The third-order valence-corrected chi connectivity index (χ3v) is 5.42. The summed E-state index contributed by atoms with van der Waals surface area (Å²) in [7, 11) is 0. The quantitative estimate of drug-likeness (QED) is 0.773. The van der Waals surface area contributed by atoms with Gasteiger partial charge in [-0.2, -0.15) is 0 Å². The van der Waals surface area contributed by atoms with Crippen LogP contribution >= 0.6 is 36.2 Å². The predicted octanol–water partition coefficient (Wildman–Crippen LogP) is 3.84. The van der Waals surface area contributed by atoms with Gasteiger partial charge in [-0.3, -0.25) is 4.79 Å². The van der Waals surface area contributed by atoms with Gasteiger partial charge in [-0.1, -0.05) is 25.1 Å². The topological polar surface area (TPSA) is 54.0 Å². The van der Waals surface area contributed by atoms with Crippen LogP contribution in [-0.2, 0) is 6.42 Å². The molecule has 0 bridgehead atoms. The van der Waals surface area contributed by atoms with Gasteiger partial charge in [-0.25, -0.2) is 9.37 Å². The number of hydrogen-bond acceptors (Lipinski definition) is 4. The Balaban J connectivity index is 0.00000169. The van der Waals surface area contributed by atoms with E-state index in [0.29, 0.717) is 24.2 Å². The molecule has 3 rings (SSSR count). The van der Waals surface area contributed by atoms with Gasteiger partial charge in [0.2, 0.25) is 0 Å². The molecular weight excluding hydrogens is 396 g/mol. The van der Waals surface area contributed by atoms with Crippen LogP contribution in [0.4, 0.5) is 4.39 Å². The maximum absolute atomic E-state index is 13.7. The number of hydrogen-bond donors (Lipinski definition) is 2. The van der Waals surface area contributed by atoms with Crippen molar-refractivity contribution in [2.24, 2.45) is 5.41 Å². The zero-order valence-corrected chi connectivity index (χ0v) is 17.0. The monoisotopic (exact) mass is 419 g/mol. The molecule has 0 aliphatic carbocycles. The molecule has 1 aliphatic rings. The van der Waals surface area contributed by atoms with Crippen LogP contribution in [0.5, 0.6) is 0 Å². The van der Waals surface area contributed by atoms with E-state index in [-0.39, 0.29) is 42.0 Å². The van der Waals surface area contributed by atoms with E-state index in [1.807, 2.05) is 0 Å². The molecule has 26 heavy (non-hydrogen) atoms. The number of piperidine rings is 1. The van der Waals surface area contributed by atoms with E-state index in [0.717, 1.165) is 30.9 Å². The Hall–Kier alpha value is -1.21. The van der Waals surface area contributed by atoms with Gasteiger partial charge in [0.05, 0.1) is 5.01 Å². The fourth-order valence-electron chi connectivity index (χ4n) is 2.89. The van der Waals surface area contributed by atoms with E-state index >= 15 is 0 Å². The molecule has 1 amide bonds. The second kappa shape index (κ2) is 10.2. The van der Waals surface area contributed by atoms with Crippen molar-refractivity contribution in [1.29, 1.82) is 0 Å². The Labute approximate surface area is 169 Å². The number of nitrogens with one attached hydrogen (secondary N) is 2. The molecule has 0 saturated carbocycles. The second-order valence-electron chi connectivity index (χ2n) is 6.64. The lowest BCUT2D eigenvalue weighted by Gasteiger charge is -2.34. The first-order chi connectivity index (χ1) is 11.6. The third kappa shape index (κ3) is 5.91. The molecule has 2 heterocycles. The largest absolute Gasteiger partial charge is 0.350 e. The van der Waals surface area contributed by atoms with Gasteiger partial charge in [0.1, 0.15) is 11.5 Å². The van der Waals surface area contributed by atoms with Crippen LogP contribution in [0.2, 0.25) is 0 Å². The molecule has 0 radical (unpaired) electrons. The summed E-state index contributed by atoms with van der Waals surface area (Å²) >= 11 is 1.39. The lowest BCUT2D eigenvalue weighted by atomic mass is 9.81. The maximum atomic E-state index is 13.7. The van der Waals surface area contributed by atoms with Crippen molar-refractivity contribution in [1.82, 2.24) is 15.6 Å². The third-order valence-electron chi connectivity index (χ3n) is 4.57. The zero-order chi connectivity index (χ0) is 17.0. The second-order valence-corrected chi connectivity index (χ2v) is 7.58. The van der Waals surface area contributed by atoms with Crippen molar-refractivity contribution in [3.8, 4) is 0 Å². The van der Waals surface area contributed by atoms with Crippen LogP contribution in [0, 0.1) is 11.2 Å². The first-order valence-corrected chi connectivity index (χ1v) is 9.10. The summed E-state index contributed by atoms with van der Waals surface area (Å²) in [6.45, 7) is 4.86. The van der Waals surface area contributed by atoms with Crippen LogP contribution in [-0.4, -0.2) is 30.5 Å². The first-order valence-electron chi connectivity index (χ1n) is 8.22. The fraction of sp³-hybridized carbons (Fsp3) is 0.444. The summed E-state index contributed by atoms with van der Waals surface area (Å²) in [5, 5.41) is 8.83. The number of rotatable bonds is 5. The summed E-state index contributed by atoms with van der Waals surface area (Å²) in [5.74, 6) is -0.386. The van der Waals surface area contributed by atoms with Gasteiger partial charge in [0.15, 0.2) is 0 Å². The number of amides is 1. The summed E-state index contributed by atoms with van der Waals surface area (Å²) in [6, 6.07) is 6.66. The smallest absolute Gasteiger partial charge is 0.270 e. The van der Waals surface area contributed by atoms with E-state index in [4.69, 9.17) is 0 Å². The van der Waals surface area contributed by atoms with Crippen molar-refractivity contribution in [3.63, 3.8) is 0 Å². The summed E-state index contributed by atoms with van der Waals surface area (Å²) in [6.07, 6.45) is 2.53. The molecule has 0 atom stereocenters. The number of nitrogens with zero attached hydrogens (tertiary/aromatic N) is 1. The lowest BCUT2D eigenvalue weighted by molar-refractivity contribution is 0.0918. The van der Waals surface area contributed by atoms with Crippen LogP contribution in [0.3, 0.4) is 0 Å². The Bertz CT molecular complexity index is 720. The molecule has 1 aliphatic heterocycles. The number of aromatic nitrogens is 1. The molecule has 1 aromatic carbocycles. The average Bonchev–Trinajstić information content (AvgIpc) is 3.04. The molecule has 1 fully saturated rings. The Morgan fingerprint density at radius 2 is 2.00 bits per heavy atom. The van der Waals surface area contributed by atoms with Crippen molar-refractivity contribution >= 4 is 42.1 Å². The van der Waals surface area contributed by atoms with Crippen LogP contribution in [0.15, 0.2) is 29.6 Å². The first kappa shape index (κ1) is 22.8. The Morgan fingerprint density at radius 1 is 1.31 bits per heavy atom. The highest BCUT2D eigenvalue weighted by molar-refractivity contribution is 7.09. The van der Waals surface area contributed by atoms with Crippen LogP contribution < -0.4 is 10.6 Å². The predicted molar refractivity (Wildman–Crippen MR) is 108 cm³/mol. The molecule has 144 valence electrons. The molecule has 1 aromatic heterocycles. The van der Waals surface area contributed by atoms with Crippen molar-refractivity contribution < 1.29 is 9.18 Å². The molecular formula is C18H24Cl2FN3OS. The van der Waals surface area contributed by atoms with E-state index in [1.54, 1.807) is 23.6 Å². The molecule has 2 aromatic rings. The molecule has 4 nitrogen and oxygen atoms in total. The van der Waals surface area contributed by atoms with Crippen molar-refractivity contribution in [2.75, 3.05) is 19.6 Å². The molecule has 1 saturated heterocycles. The number of thiazole rings is 1. The molecule has 0 unspecified atom stereocenters. The SMILES string of the molecule is CC1(CNC(=O)c2csc(Cc3ccccc3F)n2)CCNCC1.Cl.Cl. The summed E-state index contributed by atoms with van der Waals surface area (Å²) in [5.41, 5.74) is 1.16. The number of benzene rings is 1. The molecule has 2 N–H and O–H groups in total. The van der Waals surface area contributed by atoms with Crippen molar-refractivity contribution in [2.45, 2.75) is 26.2 Å². The van der Waals surface area contributed by atoms with E-state index in [9.17, 15) is 9.18 Å². The Morgan fingerprint density at radius 3 is 2.69 bits per heavy atom. The molecule has 0 spiro atoms. The standard InChI is InChI=1S/C18H22FN3OS.2ClH/c1-18(6-8-20-9-7-18)12-21-17(23)15-11-24-16(22-15)10-13-4-2-3-5-14(13)19;;/h2-5,11,20H,6-10,12H2,1H3,(H,21,23);2*1H. The number of halogens is 3. The van der Waals surface area contributed by atoms with Gasteiger partial charge in [0.25, 0.3) is 5.91 Å². The number of carbonyl (C=O) groups excluding carboxylic acids is 1. The normalized spacial score (nSPS) is 15.5. The minimum absolute atomic E-state index is 0. The molecule has 8 heteroatoms. The highest BCUT2D eigenvalue weighted by Gasteiger charge is 2.27. The van der Waals surface area contributed by atoms with Gasteiger partial charge >= 0.3 is 0 Å². The van der Waals surface area contributed by atoms with Gasteiger partial charge in [0, 0.05) is 18.3 Å². The lowest BCUT2D eigenvalue weighted by Crippen LogP contribution is -2.42. The minimum Gasteiger partial charge on any atom is -0.350 e. The van der Waals surface area contributed by atoms with Gasteiger partial charge < -0.3 is 10.6 Å². The van der Waals surface area contributed by atoms with Crippen LogP contribution in [0.1, 0.15) is 40.8 Å². The van der Waals surface area contributed by atoms with Crippen molar-refractivity contribution in [3.05, 3.63) is 51.7 Å². The maximum Gasteiger partial charge on any atom is 0.270 e.